The minimum atomic E-state index is 0.251. The van der Waals surface area contributed by atoms with Crippen molar-refractivity contribution >= 4 is 0 Å². The van der Waals surface area contributed by atoms with Crippen molar-refractivity contribution in [1.82, 2.24) is 9.97 Å². The fourth-order valence-corrected chi connectivity index (χ4v) is 1.53. The molecule has 15 heavy (non-hydrogen) atoms. The molecule has 0 saturated carbocycles. The Morgan fingerprint density at radius 3 is 2.53 bits per heavy atom. The number of hydrogen-bond donors (Lipinski definition) is 1. The van der Waals surface area contributed by atoms with E-state index in [1.807, 2.05) is 26.0 Å². The molecule has 1 heterocycles. The van der Waals surface area contributed by atoms with Gasteiger partial charge < -0.3 is 5.11 Å². The summed E-state index contributed by atoms with van der Waals surface area (Å²) in [7, 11) is 0. The zero-order valence-electron chi connectivity index (χ0n) is 8.73. The summed E-state index contributed by atoms with van der Waals surface area (Å²) in [5, 5.41) is 9.37. The number of aryl methyl sites for hydroxylation is 2. The van der Waals surface area contributed by atoms with Gasteiger partial charge in [0.15, 0.2) is 0 Å². The highest BCUT2D eigenvalue weighted by molar-refractivity contribution is 5.61. The first kappa shape index (κ1) is 9.65. The maximum Gasteiger partial charge on any atom is 0.126 e. The third kappa shape index (κ3) is 2.13. The molecule has 2 rings (SSSR count). The average molecular weight is 200 g/mol. The quantitative estimate of drug-likeness (QED) is 0.769. The predicted octanol–water partition coefficient (Wildman–Crippen LogP) is 2.47. The van der Waals surface area contributed by atoms with Crippen LogP contribution in [0.2, 0.25) is 0 Å². The second-order valence-electron chi connectivity index (χ2n) is 3.49. The minimum absolute atomic E-state index is 0.251. The monoisotopic (exact) mass is 200 g/mol. The van der Waals surface area contributed by atoms with Crippen LogP contribution in [0.5, 0.6) is 5.75 Å². The third-order valence-corrected chi connectivity index (χ3v) is 2.11. The maximum absolute atomic E-state index is 9.37. The molecule has 0 unspecified atom stereocenters. The first-order valence-electron chi connectivity index (χ1n) is 4.77. The Labute approximate surface area is 88.5 Å². The van der Waals surface area contributed by atoms with Crippen molar-refractivity contribution in [3.05, 3.63) is 41.9 Å². The lowest BCUT2D eigenvalue weighted by Crippen LogP contribution is -1.93. The summed E-state index contributed by atoms with van der Waals surface area (Å²) < 4.78 is 0. The summed E-state index contributed by atoms with van der Waals surface area (Å²) in [6, 6.07) is 8.96. The fourth-order valence-electron chi connectivity index (χ4n) is 1.53. The number of rotatable bonds is 1. The van der Waals surface area contributed by atoms with Crippen molar-refractivity contribution in [2.24, 2.45) is 0 Å². The number of nitrogens with zero attached hydrogens (tertiary/aromatic N) is 2. The van der Waals surface area contributed by atoms with E-state index in [-0.39, 0.29) is 5.75 Å². The van der Waals surface area contributed by atoms with Gasteiger partial charge in [0, 0.05) is 11.3 Å². The van der Waals surface area contributed by atoms with Crippen LogP contribution < -0.4 is 0 Å². The van der Waals surface area contributed by atoms with Gasteiger partial charge in [0.2, 0.25) is 0 Å². The van der Waals surface area contributed by atoms with Crippen molar-refractivity contribution in [1.29, 1.82) is 0 Å². The molecule has 0 radical (unpaired) electrons. The van der Waals surface area contributed by atoms with E-state index in [0.29, 0.717) is 0 Å². The Bertz CT molecular complexity index is 474. The summed E-state index contributed by atoms with van der Waals surface area (Å²) >= 11 is 0. The normalized spacial score (nSPS) is 10.3. The number of hydrogen-bond acceptors (Lipinski definition) is 3. The molecule has 76 valence electrons. The Morgan fingerprint density at radius 1 is 1.07 bits per heavy atom. The van der Waals surface area contributed by atoms with E-state index in [2.05, 4.69) is 9.97 Å². The van der Waals surface area contributed by atoms with Gasteiger partial charge in [-0.15, -0.1) is 0 Å². The first-order valence-corrected chi connectivity index (χ1v) is 4.77. The van der Waals surface area contributed by atoms with E-state index in [1.165, 1.54) is 0 Å². The highest BCUT2D eigenvalue weighted by Gasteiger charge is 2.02. The van der Waals surface area contributed by atoms with Gasteiger partial charge in [-0.05, 0) is 32.0 Å². The van der Waals surface area contributed by atoms with Crippen LogP contribution in [0.1, 0.15) is 11.5 Å². The molecule has 0 saturated heterocycles. The van der Waals surface area contributed by atoms with Crippen molar-refractivity contribution in [2.45, 2.75) is 13.8 Å². The number of aromatic nitrogens is 2. The standard InChI is InChI=1S/C12H12N2O/c1-8-6-12(14-9(2)13-8)10-4-3-5-11(15)7-10/h3-7,15H,1-2H3. The highest BCUT2D eigenvalue weighted by atomic mass is 16.3. The fraction of sp³-hybridized carbons (Fsp3) is 0.167. The lowest BCUT2D eigenvalue weighted by atomic mass is 10.1. The molecule has 1 aromatic carbocycles. The number of benzene rings is 1. The molecule has 0 atom stereocenters. The molecule has 0 aliphatic heterocycles. The second kappa shape index (κ2) is 3.69. The van der Waals surface area contributed by atoms with Gasteiger partial charge in [0.05, 0.1) is 5.69 Å². The molecule has 3 nitrogen and oxygen atoms in total. The topological polar surface area (TPSA) is 46.0 Å². The van der Waals surface area contributed by atoms with Gasteiger partial charge >= 0.3 is 0 Å². The van der Waals surface area contributed by atoms with E-state index in [9.17, 15) is 5.11 Å². The number of aromatic hydroxyl groups is 1. The van der Waals surface area contributed by atoms with Crippen molar-refractivity contribution in [2.75, 3.05) is 0 Å². The van der Waals surface area contributed by atoms with E-state index >= 15 is 0 Å². The Morgan fingerprint density at radius 2 is 1.87 bits per heavy atom. The molecule has 1 aromatic heterocycles. The Hall–Kier alpha value is -1.90. The maximum atomic E-state index is 9.37. The van der Waals surface area contributed by atoms with Gasteiger partial charge in [0.1, 0.15) is 11.6 Å². The average Bonchev–Trinajstić information content (AvgIpc) is 2.16. The van der Waals surface area contributed by atoms with Gasteiger partial charge in [0.25, 0.3) is 0 Å². The Kier molecular flexibility index (Phi) is 2.37. The van der Waals surface area contributed by atoms with E-state index in [4.69, 9.17) is 0 Å². The molecule has 2 aromatic rings. The molecule has 0 fully saturated rings. The lowest BCUT2D eigenvalue weighted by molar-refractivity contribution is 0.475. The summed E-state index contributed by atoms with van der Waals surface area (Å²) in [6.45, 7) is 3.79. The van der Waals surface area contributed by atoms with Crippen LogP contribution in [0, 0.1) is 13.8 Å². The van der Waals surface area contributed by atoms with Gasteiger partial charge in [-0.25, -0.2) is 9.97 Å². The largest absolute Gasteiger partial charge is 0.508 e. The molecule has 0 bridgehead atoms. The SMILES string of the molecule is Cc1cc(-c2cccc(O)c2)nc(C)n1. The van der Waals surface area contributed by atoms with Crippen LogP contribution in [0.3, 0.4) is 0 Å². The van der Waals surface area contributed by atoms with E-state index < -0.39 is 0 Å². The predicted molar refractivity (Wildman–Crippen MR) is 58.6 cm³/mol. The molecule has 0 amide bonds. The summed E-state index contributed by atoms with van der Waals surface area (Å²) in [4.78, 5) is 8.53. The van der Waals surface area contributed by atoms with Crippen molar-refractivity contribution in [3.8, 4) is 17.0 Å². The molecular formula is C12H12N2O. The second-order valence-corrected chi connectivity index (χ2v) is 3.49. The van der Waals surface area contributed by atoms with Crippen LogP contribution in [0.25, 0.3) is 11.3 Å². The van der Waals surface area contributed by atoms with E-state index in [1.54, 1.807) is 18.2 Å². The summed E-state index contributed by atoms with van der Waals surface area (Å²) in [5.41, 5.74) is 2.68. The zero-order chi connectivity index (χ0) is 10.8. The zero-order valence-corrected chi connectivity index (χ0v) is 8.73. The highest BCUT2D eigenvalue weighted by Crippen LogP contribution is 2.21. The lowest BCUT2D eigenvalue weighted by Gasteiger charge is -2.03. The molecule has 1 N–H and O–H groups in total. The molecule has 0 aliphatic carbocycles. The van der Waals surface area contributed by atoms with Gasteiger partial charge in [-0.1, -0.05) is 12.1 Å². The smallest absolute Gasteiger partial charge is 0.126 e. The minimum Gasteiger partial charge on any atom is -0.508 e. The number of phenolic OH excluding ortho intramolecular Hbond substituents is 1. The summed E-state index contributed by atoms with van der Waals surface area (Å²) in [5.74, 6) is 0.995. The van der Waals surface area contributed by atoms with E-state index in [0.717, 1.165) is 22.8 Å². The van der Waals surface area contributed by atoms with Crippen LogP contribution in [0.4, 0.5) is 0 Å². The van der Waals surface area contributed by atoms with Gasteiger partial charge in [-0.3, -0.25) is 0 Å². The molecule has 3 heteroatoms. The summed E-state index contributed by atoms with van der Waals surface area (Å²) in [6.07, 6.45) is 0. The van der Waals surface area contributed by atoms with Crippen molar-refractivity contribution < 1.29 is 5.11 Å². The van der Waals surface area contributed by atoms with Crippen molar-refractivity contribution in [3.63, 3.8) is 0 Å². The van der Waals surface area contributed by atoms with Crippen LogP contribution in [-0.2, 0) is 0 Å². The molecule has 0 spiro atoms. The molecule has 0 aliphatic rings. The number of phenols is 1. The van der Waals surface area contributed by atoms with Gasteiger partial charge in [-0.2, -0.15) is 0 Å². The van der Waals surface area contributed by atoms with Crippen LogP contribution >= 0.6 is 0 Å². The molecular weight excluding hydrogens is 188 g/mol. The Balaban J connectivity index is 2.54. The first-order chi connectivity index (χ1) is 7.15. The van der Waals surface area contributed by atoms with Crippen LogP contribution in [0.15, 0.2) is 30.3 Å². The third-order valence-electron chi connectivity index (χ3n) is 2.11. The van der Waals surface area contributed by atoms with Crippen LogP contribution in [-0.4, -0.2) is 15.1 Å².